The summed E-state index contributed by atoms with van der Waals surface area (Å²) in [7, 11) is 0. The van der Waals surface area contributed by atoms with Crippen LogP contribution in [0.15, 0.2) is 83.9 Å². The molecule has 1 fully saturated rings. The summed E-state index contributed by atoms with van der Waals surface area (Å²) < 4.78 is 34.4. The predicted molar refractivity (Wildman–Crippen MR) is 179 cm³/mol. The molecule has 7 rings (SSSR count). The molecule has 5 amide bonds. The molecule has 264 valence electrons. The smallest absolute Gasteiger partial charge is 0.284 e. The van der Waals surface area contributed by atoms with Crippen molar-refractivity contribution in [2.24, 2.45) is 0 Å². The fourth-order valence-electron chi connectivity index (χ4n) is 6.16. The Kier molecular flexibility index (Phi) is 9.45. The van der Waals surface area contributed by atoms with Crippen LogP contribution in [0.25, 0.3) is 17.1 Å². The quantitative estimate of drug-likeness (QED) is 0.125. The topological polar surface area (TPSA) is 181 Å². The van der Waals surface area contributed by atoms with Crippen LogP contribution >= 0.6 is 0 Å². The summed E-state index contributed by atoms with van der Waals surface area (Å²) in [6.07, 6.45) is 3.87. The predicted octanol–water partition coefficient (Wildman–Crippen LogP) is 4.24. The number of oxazole rings is 1. The number of piperidine rings is 1. The molecule has 5 heterocycles. The van der Waals surface area contributed by atoms with E-state index in [0.717, 1.165) is 16.7 Å². The Morgan fingerprint density at radius 2 is 1.81 bits per heavy atom. The number of amides is 5. The number of fused-ring (bicyclic) bond motifs is 1. The van der Waals surface area contributed by atoms with Gasteiger partial charge in [0.1, 0.15) is 12.3 Å². The van der Waals surface area contributed by atoms with Crippen molar-refractivity contribution in [2.45, 2.75) is 44.7 Å². The lowest BCUT2D eigenvalue weighted by molar-refractivity contribution is -0.136. The molecule has 3 N–H and O–H groups in total. The first-order valence-electron chi connectivity index (χ1n) is 16.4. The van der Waals surface area contributed by atoms with Crippen LogP contribution in [0.4, 0.5) is 14.5 Å². The zero-order valence-electron chi connectivity index (χ0n) is 27.3. The number of halogens is 2. The highest BCUT2D eigenvalue weighted by atomic mass is 19.3. The normalized spacial score (nSPS) is 15.7. The molecule has 14 nitrogen and oxygen atoms in total. The average molecular weight is 709 g/mol. The Labute approximate surface area is 294 Å². The van der Waals surface area contributed by atoms with Crippen molar-refractivity contribution in [3.63, 3.8) is 0 Å². The summed E-state index contributed by atoms with van der Waals surface area (Å²) in [5, 5.41) is 12.0. The van der Waals surface area contributed by atoms with Crippen LogP contribution in [0.1, 0.15) is 73.7 Å². The van der Waals surface area contributed by atoms with Crippen LogP contribution < -0.4 is 16.0 Å². The van der Waals surface area contributed by atoms with Gasteiger partial charge in [-0.05, 0) is 67.3 Å². The number of hydrogen-bond donors (Lipinski definition) is 3. The van der Waals surface area contributed by atoms with Gasteiger partial charge in [0.15, 0.2) is 11.4 Å². The Balaban J connectivity index is 0.932. The summed E-state index contributed by atoms with van der Waals surface area (Å²) in [6.45, 7) is 1.08. The summed E-state index contributed by atoms with van der Waals surface area (Å²) in [4.78, 5) is 72.2. The molecular weight excluding hydrogens is 678 g/mol. The maximum atomic E-state index is 13.9. The van der Waals surface area contributed by atoms with E-state index >= 15 is 0 Å². The van der Waals surface area contributed by atoms with Gasteiger partial charge in [0.05, 0.1) is 28.7 Å². The minimum Gasteiger partial charge on any atom is -0.444 e. The van der Waals surface area contributed by atoms with Gasteiger partial charge in [-0.2, -0.15) is 5.10 Å². The molecule has 2 aliphatic heterocycles. The number of carbonyl (C=O) groups excluding carboxylic acids is 5. The van der Waals surface area contributed by atoms with Crippen molar-refractivity contribution in [2.75, 3.05) is 11.9 Å². The average Bonchev–Trinajstić information content (AvgIpc) is 3.87. The van der Waals surface area contributed by atoms with E-state index in [0.29, 0.717) is 42.7 Å². The lowest BCUT2D eigenvalue weighted by Crippen LogP contribution is -2.54. The van der Waals surface area contributed by atoms with Crippen LogP contribution in [-0.2, 0) is 22.6 Å². The second kappa shape index (κ2) is 14.4. The molecule has 16 heteroatoms. The minimum absolute atomic E-state index is 0.0511. The molecule has 0 saturated carbocycles. The van der Waals surface area contributed by atoms with E-state index in [1.54, 1.807) is 54.9 Å². The number of imide groups is 2. The number of rotatable bonds is 12. The lowest BCUT2D eigenvalue weighted by Gasteiger charge is -2.27. The molecule has 2 aliphatic rings. The molecule has 1 unspecified atom stereocenters. The monoisotopic (exact) mass is 708 g/mol. The van der Waals surface area contributed by atoms with Gasteiger partial charge in [-0.25, -0.2) is 18.4 Å². The number of carbonyl (C=O) groups is 5. The fourth-order valence-corrected chi connectivity index (χ4v) is 6.16. The van der Waals surface area contributed by atoms with Crippen molar-refractivity contribution in [3.05, 3.63) is 113 Å². The van der Waals surface area contributed by atoms with E-state index in [2.05, 4.69) is 31.0 Å². The number of alkyl halides is 2. The van der Waals surface area contributed by atoms with Gasteiger partial charge in [-0.3, -0.25) is 39.2 Å². The second-order valence-electron chi connectivity index (χ2n) is 12.1. The summed E-state index contributed by atoms with van der Waals surface area (Å²) in [5.41, 5.74) is 2.38. The largest absolute Gasteiger partial charge is 0.444 e. The van der Waals surface area contributed by atoms with Gasteiger partial charge in [-0.15, -0.1) is 0 Å². The molecule has 0 spiro atoms. The van der Waals surface area contributed by atoms with Crippen molar-refractivity contribution in [3.8, 4) is 17.1 Å². The van der Waals surface area contributed by atoms with Crippen LogP contribution in [-0.4, -0.2) is 66.8 Å². The van der Waals surface area contributed by atoms with Crippen molar-refractivity contribution < 1.29 is 37.2 Å². The third-order valence-corrected chi connectivity index (χ3v) is 8.75. The SMILES string of the molecule is O=C1CCC(N2C(=O)c3cccc(CCCNCc4ccc(-n5cc(NC(=O)c6coc(-c7ccncc7)n6)c(C(F)F)n5)cc4)c3C2=O)C(=O)N1. The number of anilines is 1. The van der Waals surface area contributed by atoms with E-state index < -0.39 is 47.7 Å². The van der Waals surface area contributed by atoms with Crippen molar-refractivity contribution >= 4 is 35.2 Å². The number of aromatic nitrogens is 4. The third-order valence-electron chi connectivity index (χ3n) is 8.75. The third kappa shape index (κ3) is 6.83. The van der Waals surface area contributed by atoms with Gasteiger partial charge in [0.25, 0.3) is 24.1 Å². The number of benzene rings is 2. The Bertz CT molecular complexity index is 2180. The van der Waals surface area contributed by atoms with Gasteiger partial charge < -0.3 is 15.1 Å². The molecule has 0 bridgehead atoms. The van der Waals surface area contributed by atoms with Gasteiger partial charge in [0, 0.05) is 30.9 Å². The first-order valence-corrected chi connectivity index (χ1v) is 16.4. The standard InChI is InChI=1S/C36H30F2N8O6/c37-31(38)30-25(41-32(48)26-19-52-34(42-26)22-12-15-39-16-13-22)18-45(44-30)23-8-6-20(7-9-23)17-40-14-2-4-21-3-1-5-24-29(21)36(51)46(35(24)50)27-10-11-28(47)43-33(27)49/h1,3,5-9,12-13,15-16,18-19,27,31,40H,2,4,10-11,14,17H2,(H,41,48)(H,43,47,49). The number of nitrogens with zero attached hydrogens (tertiary/aromatic N) is 5. The number of nitrogens with one attached hydrogen (secondary N) is 3. The maximum Gasteiger partial charge on any atom is 0.284 e. The number of aryl methyl sites for hydroxylation is 1. The maximum absolute atomic E-state index is 13.9. The highest BCUT2D eigenvalue weighted by Crippen LogP contribution is 2.31. The van der Waals surface area contributed by atoms with Crippen molar-refractivity contribution in [1.29, 1.82) is 0 Å². The molecule has 2 aromatic carbocycles. The molecule has 1 saturated heterocycles. The zero-order valence-corrected chi connectivity index (χ0v) is 27.3. The van der Waals surface area contributed by atoms with Gasteiger partial charge in [0.2, 0.25) is 17.7 Å². The van der Waals surface area contributed by atoms with Gasteiger partial charge in [-0.1, -0.05) is 24.3 Å². The fraction of sp³-hybridized carbons (Fsp3) is 0.222. The lowest BCUT2D eigenvalue weighted by atomic mass is 9.99. The van der Waals surface area contributed by atoms with E-state index in [-0.39, 0.29) is 41.2 Å². The molecule has 5 aromatic rings. The molecule has 0 aliphatic carbocycles. The molecule has 0 radical (unpaired) electrons. The molecular formula is C36H30F2N8O6. The van der Waals surface area contributed by atoms with E-state index in [4.69, 9.17) is 4.42 Å². The second-order valence-corrected chi connectivity index (χ2v) is 12.1. The van der Waals surface area contributed by atoms with Crippen LogP contribution in [0.2, 0.25) is 0 Å². The Hall–Kier alpha value is -6.42. The van der Waals surface area contributed by atoms with E-state index in [9.17, 15) is 32.8 Å². The number of hydrogen-bond acceptors (Lipinski definition) is 10. The van der Waals surface area contributed by atoms with Gasteiger partial charge >= 0.3 is 0 Å². The Morgan fingerprint density at radius 1 is 1.02 bits per heavy atom. The summed E-state index contributed by atoms with van der Waals surface area (Å²) in [6, 6.07) is 14.4. The molecule has 1 atom stereocenters. The van der Waals surface area contributed by atoms with Crippen LogP contribution in [0, 0.1) is 0 Å². The highest BCUT2D eigenvalue weighted by Gasteiger charge is 2.45. The number of pyridine rings is 1. The Morgan fingerprint density at radius 3 is 2.56 bits per heavy atom. The first kappa shape index (κ1) is 34.0. The summed E-state index contributed by atoms with van der Waals surface area (Å²) in [5.74, 6) is -2.71. The van der Waals surface area contributed by atoms with Crippen LogP contribution in [0.3, 0.4) is 0 Å². The molecule has 3 aromatic heterocycles. The van der Waals surface area contributed by atoms with Crippen molar-refractivity contribution in [1.82, 2.24) is 35.3 Å². The first-order chi connectivity index (χ1) is 25.2. The molecule has 52 heavy (non-hydrogen) atoms. The highest BCUT2D eigenvalue weighted by molar-refractivity contribution is 6.24. The van der Waals surface area contributed by atoms with E-state index in [1.165, 1.54) is 10.9 Å². The zero-order chi connectivity index (χ0) is 36.4. The summed E-state index contributed by atoms with van der Waals surface area (Å²) >= 11 is 0. The van der Waals surface area contributed by atoms with Crippen LogP contribution in [0.5, 0.6) is 0 Å². The van der Waals surface area contributed by atoms with E-state index in [1.807, 2.05) is 12.1 Å². The minimum atomic E-state index is -2.95.